The Balaban J connectivity index is 2.92. The summed E-state index contributed by atoms with van der Waals surface area (Å²) < 4.78 is 37.3. The molecule has 1 rings (SSSR count). The van der Waals surface area contributed by atoms with Crippen molar-refractivity contribution in [3.05, 3.63) is 30.3 Å². The highest BCUT2D eigenvalue weighted by atomic mass is 32.2. The van der Waals surface area contributed by atoms with E-state index < -0.39 is 21.7 Å². The molecule has 8 heteroatoms. The second kappa shape index (κ2) is 6.88. The topological polar surface area (TPSA) is 84.9 Å². The van der Waals surface area contributed by atoms with Crippen LogP contribution in [0.1, 0.15) is 6.92 Å². The molecule has 0 amide bonds. The summed E-state index contributed by atoms with van der Waals surface area (Å²) >= 11 is 0. The molecule has 1 N–H and O–H groups in total. The zero-order chi connectivity index (χ0) is 16.1. The molecule has 0 aliphatic rings. The summed E-state index contributed by atoms with van der Waals surface area (Å²) in [6, 6.07) is 8.78. The maximum atomic E-state index is 11.9. The smallest absolute Gasteiger partial charge is 0.330 e. The van der Waals surface area contributed by atoms with Crippen molar-refractivity contribution in [3.63, 3.8) is 0 Å². The highest BCUT2D eigenvalue weighted by molar-refractivity contribution is 7.87. The number of para-hydroxylation sites is 1. The molecular formula is C13H20N2O5S. The Morgan fingerprint density at radius 2 is 1.86 bits per heavy atom. The Hall–Kier alpha value is -1.64. The summed E-state index contributed by atoms with van der Waals surface area (Å²) in [5, 5.41) is 0. The maximum absolute atomic E-state index is 11.9. The van der Waals surface area contributed by atoms with Gasteiger partial charge in [-0.15, -0.1) is 0 Å². The molecule has 1 aromatic carbocycles. The predicted molar refractivity (Wildman–Crippen MR) is 78.1 cm³/mol. The van der Waals surface area contributed by atoms with Crippen LogP contribution in [0.3, 0.4) is 0 Å². The van der Waals surface area contributed by atoms with Gasteiger partial charge in [0.25, 0.3) is 10.2 Å². The van der Waals surface area contributed by atoms with Crippen LogP contribution in [0.15, 0.2) is 30.3 Å². The highest BCUT2D eigenvalue weighted by Crippen LogP contribution is 2.15. The van der Waals surface area contributed by atoms with Gasteiger partial charge in [0.05, 0.1) is 7.11 Å². The molecule has 118 valence electrons. The number of esters is 1. The number of nitrogens with one attached hydrogen (secondary N) is 1. The third-order valence-corrected chi connectivity index (χ3v) is 4.41. The molecule has 0 spiro atoms. The fourth-order valence-electron chi connectivity index (χ4n) is 1.48. The quantitative estimate of drug-likeness (QED) is 0.736. The number of methoxy groups -OCH3 is 1. The first-order valence-electron chi connectivity index (χ1n) is 6.19. The summed E-state index contributed by atoms with van der Waals surface area (Å²) in [5.74, 6) is -0.208. The van der Waals surface area contributed by atoms with Gasteiger partial charge in [0.2, 0.25) is 0 Å². The summed E-state index contributed by atoms with van der Waals surface area (Å²) in [7, 11) is 0.0931. The Morgan fingerprint density at radius 3 is 2.33 bits per heavy atom. The van der Waals surface area contributed by atoms with Crippen molar-refractivity contribution < 1.29 is 22.7 Å². The fraction of sp³-hybridized carbons (Fsp3) is 0.462. The van der Waals surface area contributed by atoms with Gasteiger partial charge in [0, 0.05) is 14.1 Å². The largest absolute Gasteiger partial charge is 0.491 e. The van der Waals surface area contributed by atoms with Gasteiger partial charge in [0.15, 0.2) is 5.54 Å². The molecule has 21 heavy (non-hydrogen) atoms. The van der Waals surface area contributed by atoms with Crippen LogP contribution in [-0.4, -0.2) is 52.0 Å². The van der Waals surface area contributed by atoms with E-state index >= 15 is 0 Å². The van der Waals surface area contributed by atoms with Crippen molar-refractivity contribution in [1.82, 2.24) is 9.03 Å². The lowest BCUT2D eigenvalue weighted by Gasteiger charge is -2.28. The van der Waals surface area contributed by atoms with E-state index in [-0.39, 0.29) is 6.61 Å². The summed E-state index contributed by atoms with van der Waals surface area (Å²) in [6.07, 6.45) is 0. The second-order valence-corrected chi connectivity index (χ2v) is 6.70. The van der Waals surface area contributed by atoms with Gasteiger partial charge in [-0.25, -0.2) is 4.79 Å². The molecule has 0 heterocycles. The van der Waals surface area contributed by atoms with Crippen LogP contribution in [0.2, 0.25) is 0 Å². The van der Waals surface area contributed by atoms with Gasteiger partial charge in [0.1, 0.15) is 12.4 Å². The van der Waals surface area contributed by atoms with E-state index in [0.29, 0.717) is 5.75 Å². The first-order chi connectivity index (χ1) is 9.71. The van der Waals surface area contributed by atoms with Crippen LogP contribution < -0.4 is 9.46 Å². The Morgan fingerprint density at radius 1 is 1.29 bits per heavy atom. The Kier molecular flexibility index (Phi) is 5.70. The van der Waals surface area contributed by atoms with Gasteiger partial charge in [-0.05, 0) is 19.1 Å². The molecule has 0 aliphatic carbocycles. The monoisotopic (exact) mass is 316 g/mol. The number of carbonyl (C=O) groups is 1. The van der Waals surface area contributed by atoms with Crippen molar-refractivity contribution in [2.45, 2.75) is 12.5 Å². The molecule has 0 bridgehead atoms. The summed E-state index contributed by atoms with van der Waals surface area (Å²) in [5.41, 5.74) is -1.53. The number of benzene rings is 1. The number of hydrogen-bond acceptors (Lipinski definition) is 5. The average Bonchev–Trinajstić information content (AvgIpc) is 2.44. The van der Waals surface area contributed by atoms with Crippen molar-refractivity contribution in [1.29, 1.82) is 0 Å². The minimum atomic E-state index is -3.81. The highest BCUT2D eigenvalue weighted by Gasteiger charge is 2.40. The first kappa shape index (κ1) is 17.4. The molecule has 1 atom stereocenters. The van der Waals surface area contributed by atoms with Gasteiger partial charge < -0.3 is 9.47 Å². The van der Waals surface area contributed by atoms with Crippen LogP contribution in [-0.2, 0) is 19.7 Å². The van der Waals surface area contributed by atoms with E-state index in [1.54, 1.807) is 24.3 Å². The first-order valence-corrected chi connectivity index (χ1v) is 7.63. The SMILES string of the molecule is COC(=O)[C@](C)(COc1ccccc1)NS(=O)(=O)N(C)C. The summed E-state index contributed by atoms with van der Waals surface area (Å²) in [6.45, 7) is 1.21. The third-order valence-electron chi connectivity index (χ3n) is 2.74. The van der Waals surface area contributed by atoms with Gasteiger partial charge in [-0.2, -0.15) is 17.4 Å². The van der Waals surface area contributed by atoms with E-state index in [1.165, 1.54) is 28.1 Å². The standard InChI is InChI=1S/C13H20N2O5S/c1-13(12(16)19-4,14-21(17,18)15(2)3)10-20-11-8-6-5-7-9-11/h5-9,14H,10H2,1-4H3/t13-/m0/s1. The molecule has 0 unspecified atom stereocenters. The van der Waals surface area contributed by atoms with Crippen molar-refractivity contribution in [2.75, 3.05) is 27.8 Å². The zero-order valence-corrected chi connectivity index (χ0v) is 13.3. The summed E-state index contributed by atoms with van der Waals surface area (Å²) in [4.78, 5) is 11.9. The molecule has 0 fully saturated rings. The van der Waals surface area contributed by atoms with Crippen molar-refractivity contribution >= 4 is 16.2 Å². The molecule has 0 radical (unpaired) electrons. The van der Waals surface area contributed by atoms with Crippen LogP contribution >= 0.6 is 0 Å². The third kappa shape index (κ3) is 4.69. The Labute approximate surface area is 125 Å². The van der Waals surface area contributed by atoms with Crippen molar-refractivity contribution in [3.8, 4) is 5.75 Å². The Bertz CT molecular complexity index is 573. The van der Waals surface area contributed by atoms with Gasteiger partial charge in [-0.3, -0.25) is 0 Å². The molecular weight excluding hydrogens is 296 g/mol. The van der Waals surface area contributed by atoms with E-state index in [0.717, 1.165) is 4.31 Å². The average molecular weight is 316 g/mol. The normalized spacial score (nSPS) is 14.5. The molecule has 0 saturated heterocycles. The molecule has 0 saturated carbocycles. The van der Waals surface area contributed by atoms with E-state index in [4.69, 9.17) is 4.74 Å². The molecule has 0 aliphatic heterocycles. The minimum absolute atomic E-state index is 0.198. The van der Waals surface area contributed by atoms with Gasteiger partial charge >= 0.3 is 5.97 Å². The van der Waals surface area contributed by atoms with Crippen LogP contribution in [0.25, 0.3) is 0 Å². The number of rotatable bonds is 7. The van der Waals surface area contributed by atoms with Crippen LogP contribution in [0.5, 0.6) is 5.75 Å². The minimum Gasteiger partial charge on any atom is -0.491 e. The van der Waals surface area contributed by atoms with Crippen LogP contribution in [0.4, 0.5) is 0 Å². The molecule has 7 nitrogen and oxygen atoms in total. The predicted octanol–water partition coefficient (Wildman–Crippen LogP) is 0.393. The second-order valence-electron chi connectivity index (χ2n) is 4.81. The van der Waals surface area contributed by atoms with E-state index in [9.17, 15) is 13.2 Å². The van der Waals surface area contributed by atoms with Crippen LogP contribution in [0, 0.1) is 0 Å². The molecule has 1 aromatic rings. The van der Waals surface area contributed by atoms with Crippen molar-refractivity contribution in [2.24, 2.45) is 0 Å². The molecule has 0 aromatic heterocycles. The number of ether oxygens (including phenoxy) is 2. The lowest BCUT2D eigenvalue weighted by atomic mass is 10.1. The van der Waals surface area contributed by atoms with Gasteiger partial charge in [-0.1, -0.05) is 18.2 Å². The zero-order valence-electron chi connectivity index (χ0n) is 12.5. The number of hydrogen-bond donors (Lipinski definition) is 1. The maximum Gasteiger partial charge on any atom is 0.330 e. The lowest BCUT2D eigenvalue weighted by Crippen LogP contribution is -2.58. The van der Waals surface area contributed by atoms with E-state index in [2.05, 4.69) is 9.46 Å². The van der Waals surface area contributed by atoms with E-state index in [1.807, 2.05) is 6.07 Å². The lowest BCUT2D eigenvalue weighted by molar-refractivity contribution is -0.148. The number of nitrogens with zero attached hydrogens (tertiary/aromatic N) is 1. The fourth-order valence-corrected chi connectivity index (χ4v) is 2.37. The number of carbonyl (C=O) groups excluding carboxylic acids is 1.